The minimum atomic E-state index is -0.973. The number of aldehydes is 1. The molecule has 1 amide bonds. The van der Waals surface area contributed by atoms with E-state index in [9.17, 15) is 14.4 Å². The van der Waals surface area contributed by atoms with E-state index in [1.54, 1.807) is 37.3 Å². The predicted molar refractivity (Wildman–Crippen MR) is 172 cm³/mol. The number of allylic oxidation sites excluding steroid dienone is 1. The molecule has 0 radical (unpaired) electrons. The monoisotopic (exact) mass is 617 g/mol. The van der Waals surface area contributed by atoms with Gasteiger partial charge in [0.15, 0.2) is 6.29 Å². The topological polar surface area (TPSA) is 99.1 Å². The zero-order valence-corrected chi connectivity index (χ0v) is 27.2. The van der Waals surface area contributed by atoms with Crippen LogP contribution in [-0.4, -0.2) is 59.2 Å². The van der Waals surface area contributed by atoms with Crippen LogP contribution in [0.25, 0.3) is 0 Å². The second kappa shape index (κ2) is 15.6. The van der Waals surface area contributed by atoms with E-state index in [1.165, 1.54) is 0 Å². The first-order valence-electron chi connectivity index (χ1n) is 14.4. The molecule has 1 aromatic carbocycles. The molecule has 0 heterocycles. The van der Waals surface area contributed by atoms with Gasteiger partial charge in [0.1, 0.15) is 11.4 Å². The van der Waals surface area contributed by atoms with E-state index in [-0.39, 0.29) is 30.3 Å². The van der Waals surface area contributed by atoms with E-state index in [0.29, 0.717) is 32.8 Å². The van der Waals surface area contributed by atoms with E-state index in [1.807, 2.05) is 13.1 Å². The Labute approximate surface area is 260 Å². The molecule has 2 N–H and O–H groups in total. The third-order valence-electron chi connectivity index (χ3n) is 8.22. The summed E-state index contributed by atoms with van der Waals surface area (Å²) in [5, 5.41) is 12.3. The van der Waals surface area contributed by atoms with Crippen LogP contribution < -0.4 is 5.32 Å². The molecule has 2 rings (SSSR count). The maximum absolute atomic E-state index is 12.6. The summed E-state index contributed by atoms with van der Waals surface area (Å²) in [4.78, 5) is 43.1. The number of halogens is 2. The second-order valence-electron chi connectivity index (χ2n) is 12.0. The lowest BCUT2D eigenvalue weighted by molar-refractivity contribution is -0.136. The van der Waals surface area contributed by atoms with Crippen molar-refractivity contribution in [1.82, 2.24) is 10.2 Å². The Kier molecular flexibility index (Phi) is 13.2. The number of hydrogen-bond acceptors (Lipinski definition) is 5. The number of benzene rings is 1. The molecule has 1 saturated carbocycles. The van der Waals surface area contributed by atoms with Crippen LogP contribution in [0.5, 0.6) is 0 Å². The maximum Gasteiger partial charge on any atom is 0.305 e. The normalized spacial score (nSPS) is 20.9. The van der Waals surface area contributed by atoms with Gasteiger partial charge in [-0.25, -0.2) is 0 Å². The highest BCUT2D eigenvalue weighted by Gasteiger charge is 2.44. The first kappa shape index (κ1) is 35.5. The third kappa shape index (κ3) is 9.65. The van der Waals surface area contributed by atoms with Gasteiger partial charge in [0.2, 0.25) is 0 Å². The van der Waals surface area contributed by atoms with Crippen molar-refractivity contribution in [3.63, 3.8) is 0 Å². The van der Waals surface area contributed by atoms with Crippen molar-refractivity contribution in [2.75, 3.05) is 13.6 Å². The Morgan fingerprint density at radius 3 is 2.26 bits per heavy atom. The van der Waals surface area contributed by atoms with Crippen LogP contribution in [0, 0.1) is 11.3 Å². The zero-order chi connectivity index (χ0) is 31.7. The number of carboxylic acids is 1. The van der Waals surface area contributed by atoms with Gasteiger partial charge in [-0.3, -0.25) is 24.3 Å². The van der Waals surface area contributed by atoms with Crippen LogP contribution in [-0.2, 0) is 14.4 Å². The first-order chi connectivity index (χ1) is 19.7. The third-order valence-corrected chi connectivity index (χ3v) is 8.66. The Balaban J connectivity index is 2.44. The van der Waals surface area contributed by atoms with Gasteiger partial charge in [-0.15, -0.1) is 0 Å². The lowest BCUT2D eigenvalue weighted by Crippen LogP contribution is -2.53. The minimum absolute atomic E-state index is 0.0492. The molecule has 1 aromatic rings. The molecule has 1 aliphatic carbocycles. The van der Waals surface area contributed by atoms with Crippen LogP contribution in [0.15, 0.2) is 59.1 Å². The van der Waals surface area contributed by atoms with Gasteiger partial charge in [0.05, 0.1) is 6.42 Å². The number of amides is 1. The molecule has 7 nitrogen and oxygen atoms in total. The van der Waals surface area contributed by atoms with Crippen LogP contribution in [0.1, 0.15) is 78.7 Å². The van der Waals surface area contributed by atoms with Crippen LogP contribution in [0.4, 0.5) is 0 Å². The number of hydrogen-bond donors (Lipinski definition) is 2. The number of carboxylic acid groups (broad SMARTS) is 1. The van der Waals surface area contributed by atoms with Gasteiger partial charge >= 0.3 is 5.97 Å². The molecule has 1 unspecified atom stereocenters. The molecule has 0 bridgehead atoms. The van der Waals surface area contributed by atoms with Crippen molar-refractivity contribution in [3.05, 3.63) is 69.8 Å². The molecule has 9 heteroatoms. The van der Waals surface area contributed by atoms with Crippen LogP contribution in [0.2, 0.25) is 10.0 Å². The molecule has 1 fully saturated rings. The standard InChI is InChI=1S/C33H45Cl2N3O4/c1-8-23(31(42)36-17-14-30(40)41)11-10-22(3)29(9-2)38(7)33(15-12-25(13-16-33)32(4,5)6)37-28(21-39)24-18-26(34)20-27(35)19-24/h8,10-11,18-21,25,29H,3,9,12-17H2,1-2,4-7H3,(H,36,42)(H,40,41)/b11-10-,23-8+,37-28+. The van der Waals surface area contributed by atoms with Gasteiger partial charge in [-0.2, -0.15) is 0 Å². The lowest BCUT2D eigenvalue weighted by Gasteiger charge is -2.49. The predicted octanol–water partition coefficient (Wildman–Crippen LogP) is 7.27. The Hall–Kier alpha value is -2.74. The number of carbonyl (C=O) groups excluding carboxylic acids is 2. The summed E-state index contributed by atoms with van der Waals surface area (Å²) in [5.41, 5.74) is 1.58. The van der Waals surface area contributed by atoms with Gasteiger partial charge in [0.25, 0.3) is 5.91 Å². The maximum atomic E-state index is 12.6. The van der Waals surface area contributed by atoms with E-state index >= 15 is 0 Å². The second-order valence-corrected chi connectivity index (χ2v) is 12.9. The summed E-state index contributed by atoms with van der Waals surface area (Å²) in [5.74, 6) is -0.796. The van der Waals surface area contributed by atoms with Crippen molar-refractivity contribution in [3.8, 4) is 0 Å². The lowest BCUT2D eigenvalue weighted by atomic mass is 9.69. The number of nitrogens with zero attached hydrogens (tertiary/aromatic N) is 2. The van der Waals surface area contributed by atoms with E-state index < -0.39 is 11.6 Å². The van der Waals surface area contributed by atoms with Gasteiger partial charge in [-0.1, -0.05) is 69.6 Å². The number of nitrogens with one attached hydrogen (secondary N) is 1. The van der Waals surface area contributed by atoms with Gasteiger partial charge in [-0.05, 0) is 87.3 Å². The number of aliphatic carboxylic acids is 1. The van der Waals surface area contributed by atoms with Crippen molar-refractivity contribution in [2.24, 2.45) is 16.3 Å². The van der Waals surface area contributed by atoms with Crippen LogP contribution in [0.3, 0.4) is 0 Å². The molecule has 0 spiro atoms. The minimum Gasteiger partial charge on any atom is -0.481 e. The molecular formula is C33H45Cl2N3O4. The molecule has 0 aliphatic heterocycles. The van der Waals surface area contributed by atoms with E-state index in [4.69, 9.17) is 33.3 Å². The number of aliphatic imine (C=N–C) groups is 1. The Morgan fingerprint density at radius 1 is 1.19 bits per heavy atom. The molecule has 230 valence electrons. The summed E-state index contributed by atoms with van der Waals surface area (Å²) in [6, 6.07) is 4.91. The SMILES string of the molecule is C=C(/C=C\C(=C/C)C(=O)NCCC(=O)O)C(CC)N(C)C1(/N=C(\C=O)c2cc(Cl)cc(Cl)c2)CCC(C(C)(C)C)CC1. The fourth-order valence-electron chi connectivity index (χ4n) is 5.65. The van der Waals surface area contributed by atoms with Crippen molar-refractivity contribution >= 4 is 47.1 Å². The largest absolute Gasteiger partial charge is 0.481 e. The number of carbonyl (C=O) groups is 3. The molecule has 1 atom stereocenters. The quantitative estimate of drug-likeness (QED) is 0.105. The van der Waals surface area contributed by atoms with Crippen LogP contribution >= 0.6 is 23.2 Å². The van der Waals surface area contributed by atoms with Crippen molar-refractivity contribution < 1.29 is 19.5 Å². The number of likely N-dealkylation sites (N-methyl/N-ethyl adjacent to an activating group) is 1. The fraction of sp³-hybridized carbons (Fsp3) is 0.515. The van der Waals surface area contributed by atoms with Gasteiger partial charge < -0.3 is 10.4 Å². The highest BCUT2D eigenvalue weighted by atomic mass is 35.5. The van der Waals surface area contributed by atoms with Crippen molar-refractivity contribution in [1.29, 1.82) is 0 Å². The summed E-state index contributed by atoms with van der Waals surface area (Å²) < 4.78 is 0. The molecule has 1 aliphatic rings. The average Bonchev–Trinajstić information content (AvgIpc) is 2.91. The Morgan fingerprint density at radius 2 is 1.79 bits per heavy atom. The van der Waals surface area contributed by atoms with Gasteiger partial charge in [0, 0.05) is 33.8 Å². The van der Waals surface area contributed by atoms with E-state index in [2.05, 4.69) is 44.5 Å². The summed E-state index contributed by atoms with van der Waals surface area (Å²) in [7, 11) is 2.02. The van der Waals surface area contributed by atoms with Crippen molar-refractivity contribution in [2.45, 2.75) is 84.8 Å². The fourth-order valence-corrected chi connectivity index (χ4v) is 6.17. The highest BCUT2D eigenvalue weighted by Crippen LogP contribution is 2.45. The molecule has 0 aromatic heterocycles. The smallest absolute Gasteiger partial charge is 0.305 e. The average molecular weight is 619 g/mol. The zero-order valence-electron chi connectivity index (χ0n) is 25.7. The highest BCUT2D eigenvalue weighted by molar-refractivity contribution is 6.39. The molecule has 0 saturated heterocycles. The number of rotatable bonds is 13. The first-order valence-corrected chi connectivity index (χ1v) is 15.2. The summed E-state index contributed by atoms with van der Waals surface area (Å²) >= 11 is 12.5. The molecular weight excluding hydrogens is 573 g/mol. The van der Waals surface area contributed by atoms with E-state index in [0.717, 1.165) is 44.0 Å². The Bertz CT molecular complexity index is 1220. The summed E-state index contributed by atoms with van der Waals surface area (Å²) in [6.07, 6.45) is 9.99. The summed E-state index contributed by atoms with van der Waals surface area (Å²) in [6.45, 7) is 15.0. The molecule has 42 heavy (non-hydrogen) atoms.